The molecule has 0 aliphatic carbocycles. The number of unbranched alkanes of at least 4 members (excludes halogenated alkanes) is 14. The van der Waals surface area contributed by atoms with Gasteiger partial charge in [-0.05, 0) is 25.7 Å². The summed E-state index contributed by atoms with van der Waals surface area (Å²) in [6.45, 7) is 4.06. The largest absolute Gasteiger partial charge is 0.393 e. The van der Waals surface area contributed by atoms with Crippen molar-refractivity contribution in [2.45, 2.75) is 154 Å². The molecule has 0 fully saturated rings. The second-order valence-electron chi connectivity index (χ2n) is 8.87. The van der Waals surface area contributed by atoms with E-state index in [0.29, 0.717) is 12.8 Å². The Labute approximate surface area is 182 Å². The van der Waals surface area contributed by atoms with Crippen LogP contribution in [0.4, 0.5) is 0 Å². The molecule has 2 N–H and O–H groups in total. The predicted molar refractivity (Wildman–Crippen MR) is 125 cm³/mol. The first-order chi connectivity index (χ1) is 13.9. The SMILES string of the molecule is CCCCCCCCCCCCCC(O)CCCCCCCC(CC)S(=O)(=O)O. The number of hydrogen-bond donors (Lipinski definition) is 2. The van der Waals surface area contributed by atoms with Crippen LogP contribution in [-0.2, 0) is 10.1 Å². The summed E-state index contributed by atoms with van der Waals surface area (Å²) in [6.07, 6.45) is 22.5. The molecular weight excluding hydrogens is 384 g/mol. The van der Waals surface area contributed by atoms with Gasteiger partial charge in [-0.1, -0.05) is 117 Å². The van der Waals surface area contributed by atoms with E-state index in [9.17, 15) is 13.5 Å². The highest BCUT2D eigenvalue weighted by Crippen LogP contribution is 2.17. The van der Waals surface area contributed by atoms with Crippen molar-refractivity contribution in [1.82, 2.24) is 0 Å². The molecule has 0 heterocycles. The van der Waals surface area contributed by atoms with Crippen molar-refractivity contribution in [3.05, 3.63) is 0 Å². The molecule has 2 atom stereocenters. The lowest BCUT2D eigenvalue weighted by Gasteiger charge is -2.12. The standard InChI is InChI=1S/C24H50O4S/c1-3-5-6-7-8-9-10-11-12-14-17-20-23(25)21-18-15-13-16-19-22-24(4-2)29(26,27)28/h23-25H,3-22H2,1-2H3,(H,26,27,28). The van der Waals surface area contributed by atoms with E-state index >= 15 is 0 Å². The second kappa shape index (κ2) is 19.8. The fourth-order valence-electron chi connectivity index (χ4n) is 4.03. The summed E-state index contributed by atoms with van der Waals surface area (Å²) in [6, 6.07) is 0. The van der Waals surface area contributed by atoms with Crippen LogP contribution in [-0.4, -0.2) is 29.4 Å². The van der Waals surface area contributed by atoms with Gasteiger partial charge >= 0.3 is 0 Å². The van der Waals surface area contributed by atoms with Gasteiger partial charge in [0.1, 0.15) is 0 Å². The Morgan fingerprint density at radius 1 is 0.586 bits per heavy atom. The predicted octanol–water partition coefficient (Wildman–Crippen LogP) is 7.45. The zero-order valence-corrected chi connectivity index (χ0v) is 20.2. The van der Waals surface area contributed by atoms with Crippen molar-refractivity contribution < 1.29 is 18.1 Å². The van der Waals surface area contributed by atoms with Crippen molar-refractivity contribution in [2.24, 2.45) is 0 Å². The van der Waals surface area contributed by atoms with E-state index in [2.05, 4.69) is 6.92 Å². The molecule has 176 valence electrons. The molecule has 29 heavy (non-hydrogen) atoms. The molecule has 0 saturated carbocycles. The third-order valence-electron chi connectivity index (χ3n) is 6.08. The first-order valence-corrected chi connectivity index (χ1v) is 14.1. The van der Waals surface area contributed by atoms with E-state index in [4.69, 9.17) is 4.55 Å². The fourth-order valence-corrected chi connectivity index (χ4v) is 4.92. The van der Waals surface area contributed by atoms with Crippen LogP contribution in [0.1, 0.15) is 142 Å². The lowest BCUT2D eigenvalue weighted by atomic mass is 10.0. The van der Waals surface area contributed by atoms with Crippen molar-refractivity contribution in [2.75, 3.05) is 0 Å². The molecule has 0 saturated heterocycles. The third kappa shape index (κ3) is 19.6. The summed E-state index contributed by atoms with van der Waals surface area (Å²) in [5.41, 5.74) is 0. The molecule has 0 bridgehead atoms. The highest BCUT2D eigenvalue weighted by atomic mass is 32.2. The quantitative estimate of drug-likeness (QED) is 0.137. The lowest BCUT2D eigenvalue weighted by Crippen LogP contribution is -2.19. The van der Waals surface area contributed by atoms with E-state index < -0.39 is 15.4 Å². The molecule has 0 aromatic carbocycles. The monoisotopic (exact) mass is 434 g/mol. The molecule has 0 radical (unpaired) electrons. The van der Waals surface area contributed by atoms with E-state index in [0.717, 1.165) is 51.4 Å². The zero-order valence-electron chi connectivity index (χ0n) is 19.4. The minimum absolute atomic E-state index is 0.155. The highest BCUT2D eigenvalue weighted by molar-refractivity contribution is 7.86. The molecule has 0 rings (SSSR count). The molecule has 0 spiro atoms. The lowest BCUT2D eigenvalue weighted by molar-refractivity contribution is 0.147. The summed E-state index contributed by atoms with van der Waals surface area (Å²) in [5.74, 6) is 0. The van der Waals surface area contributed by atoms with Crippen LogP contribution < -0.4 is 0 Å². The summed E-state index contributed by atoms with van der Waals surface area (Å²) in [7, 11) is -3.88. The van der Waals surface area contributed by atoms with E-state index in [-0.39, 0.29) is 6.10 Å². The van der Waals surface area contributed by atoms with E-state index in [1.165, 1.54) is 64.2 Å². The van der Waals surface area contributed by atoms with Crippen LogP contribution in [0.5, 0.6) is 0 Å². The van der Waals surface area contributed by atoms with Crippen LogP contribution in [0.2, 0.25) is 0 Å². The molecule has 0 amide bonds. The summed E-state index contributed by atoms with van der Waals surface area (Å²) >= 11 is 0. The molecular formula is C24H50O4S. The maximum Gasteiger partial charge on any atom is 0.267 e. The summed E-state index contributed by atoms with van der Waals surface area (Å²) in [5, 5.41) is 9.49. The van der Waals surface area contributed by atoms with Gasteiger partial charge < -0.3 is 5.11 Å². The van der Waals surface area contributed by atoms with Gasteiger partial charge in [-0.3, -0.25) is 4.55 Å². The Bertz CT molecular complexity index is 436. The summed E-state index contributed by atoms with van der Waals surface area (Å²) in [4.78, 5) is 0. The van der Waals surface area contributed by atoms with Crippen LogP contribution in [0, 0.1) is 0 Å². The van der Waals surface area contributed by atoms with E-state index in [1.807, 2.05) is 0 Å². The van der Waals surface area contributed by atoms with Crippen molar-refractivity contribution in [3.63, 3.8) is 0 Å². The van der Waals surface area contributed by atoms with Crippen LogP contribution in [0.3, 0.4) is 0 Å². The van der Waals surface area contributed by atoms with E-state index in [1.54, 1.807) is 6.92 Å². The van der Waals surface area contributed by atoms with Crippen LogP contribution in [0.15, 0.2) is 0 Å². The van der Waals surface area contributed by atoms with Gasteiger partial charge in [0.05, 0.1) is 11.4 Å². The Morgan fingerprint density at radius 2 is 0.931 bits per heavy atom. The molecule has 0 aromatic heterocycles. The Hall–Kier alpha value is -0.130. The van der Waals surface area contributed by atoms with Gasteiger partial charge in [0, 0.05) is 0 Å². The zero-order chi connectivity index (χ0) is 21.8. The van der Waals surface area contributed by atoms with Crippen LogP contribution >= 0.6 is 0 Å². The molecule has 0 aromatic rings. The number of hydrogen-bond acceptors (Lipinski definition) is 3. The molecule has 0 aliphatic rings. The summed E-state index contributed by atoms with van der Waals surface area (Å²) < 4.78 is 31.4. The second-order valence-corrected chi connectivity index (χ2v) is 10.6. The van der Waals surface area contributed by atoms with Gasteiger partial charge in [-0.2, -0.15) is 8.42 Å². The number of rotatable bonds is 22. The Kier molecular flexibility index (Phi) is 19.7. The minimum atomic E-state index is -3.88. The first kappa shape index (κ1) is 28.9. The highest BCUT2D eigenvalue weighted by Gasteiger charge is 2.19. The smallest absolute Gasteiger partial charge is 0.267 e. The van der Waals surface area contributed by atoms with Gasteiger partial charge in [-0.25, -0.2) is 0 Å². The number of aliphatic hydroxyl groups is 1. The molecule has 0 aliphatic heterocycles. The Morgan fingerprint density at radius 3 is 1.28 bits per heavy atom. The maximum absolute atomic E-state index is 11.1. The van der Waals surface area contributed by atoms with Crippen molar-refractivity contribution >= 4 is 10.1 Å². The maximum atomic E-state index is 11.1. The first-order valence-electron chi connectivity index (χ1n) is 12.6. The van der Waals surface area contributed by atoms with Crippen molar-refractivity contribution in [3.8, 4) is 0 Å². The van der Waals surface area contributed by atoms with Gasteiger partial charge in [0.25, 0.3) is 10.1 Å². The average molecular weight is 435 g/mol. The molecule has 4 nitrogen and oxygen atoms in total. The van der Waals surface area contributed by atoms with Crippen molar-refractivity contribution in [1.29, 1.82) is 0 Å². The fraction of sp³-hybridized carbons (Fsp3) is 1.00. The van der Waals surface area contributed by atoms with Gasteiger partial charge in [0.2, 0.25) is 0 Å². The average Bonchev–Trinajstić information content (AvgIpc) is 2.67. The molecule has 2 unspecified atom stereocenters. The third-order valence-corrected chi connectivity index (χ3v) is 7.49. The van der Waals surface area contributed by atoms with Crippen LogP contribution in [0.25, 0.3) is 0 Å². The molecule has 5 heteroatoms. The van der Waals surface area contributed by atoms with Gasteiger partial charge in [0.15, 0.2) is 0 Å². The minimum Gasteiger partial charge on any atom is -0.393 e. The normalized spacial score (nSPS) is 14.2. The number of aliphatic hydroxyl groups excluding tert-OH is 1. The Balaban J connectivity index is 3.35. The van der Waals surface area contributed by atoms with Gasteiger partial charge in [-0.15, -0.1) is 0 Å². The topological polar surface area (TPSA) is 74.6 Å².